The monoisotopic (exact) mass is 491 g/mol. The zero-order valence-corrected chi connectivity index (χ0v) is 22.1. The van der Waals surface area contributed by atoms with Crippen LogP contribution in [0.3, 0.4) is 0 Å². The molecule has 180 valence electrons. The van der Waals surface area contributed by atoms with Gasteiger partial charge in [-0.15, -0.1) is 0 Å². The lowest BCUT2D eigenvalue weighted by Gasteiger charge is -2.21. The Kier molecular flexibility index (Phi) is 9.27. The number of esters is 1. The number of anilines is 1. The second-order valence-electron chi connectivity index (χ2n) is 9.78. The summed E-state index contributed by atoms with van der Waals surface area (Å²) in [4.78, 5) is 24.3. The summed E-state index contributed by atoms with van der Waals surface area (Å²) in [7, 11) is 0. The highest BCUT2D eigenvalue weighted by Crippen LogP contribution is 2.37. The first kappa shape index (κ1) is 27.1. The lowest BCUT2D eigenvalue weighted by atomic mass is 9.95. The average Bonchev–Trinajstić information content (AvgIpc) is 2.69. The van der Waals surface area contributed by atoms with Crippen molar-refractivity contribution >= 4 is 40.9 Å². The smallest absolute Gasteiger partial charge is 0.310 e. The van der Waals surface area contributed by atoms with Gasteiger partial charge in [0.1, 0.15) is 11.5 Å². The molecular weight excluding hydrogens is 458 g/mol. The summed E-state index contributed by atoms with van der Waals surface area (Å²) in [6.07, 6.45) is 0.145. The number of carbonyl (C=O) groups is 2. The molecule has 33 heavy (non-hydrogen) atoms. The van der Waals surface area contributed by atoms with Crippen molar-refractivity contribution in [1.29, 1.82) is 0 Å². The van der Waals surface area contributed by atoms with E-state index in [4.69, 9.17) is 21.1 Å². The van der Waals surface area contributed by atoms with Crippen molar-refractivity contribution in [3.8, 4) is 11.5 Å². The molecule has 0 aliphatic carbocycles. The minimum Gasteiger partial charge on any atom is -0.466 e. The highest BCUT2D eigenvalue weighted by molar-refractivity contribution is 7.99. The first-order chi connectivity index (χ1) is 15.3. The number of thioether (sulfide) groups is 1. The van der Waals surface area contributed by atoms with Gasteiger partial charge >= 0.3 is 5.97 Å². The van der Waals surface area contributed by atoms with Crippen molar-refractivity contribution in [3.05, 3.63) is 52.5 Å². The number of amides is 1. The Bertz CT molecular complexity index is 993. The van der Waals surface area contributed by atoms with Crippen LogP contribution in [0.2, 0.25) is 5.02 Å². The molecule has 0 bridgehead atoms. The SMILES string of the molecule is CCOC(=O)Cc1ccc(Cl)c(Oc2ccc(NC(=O)C(C)(C)C)cc2CSC(C)(C)C)c1. The predicted molar refractivity (Wildman–Crippen MR) is 137 cm³/mol. The first-order valence-electron chi connectivity index (χ1n) is 11.0. The van der Waals surface area contributed by atoms with Gasteiger partial charge in [-0.1, -0.05) is 59.2 Å². The van der Waals surface area contributed by atoms with Gasteiger partial charge in [-0.05, 0) is 42.8 Å². The Hall–Kier alpha value is -2.18. The molecule has 0 heterocycles. The van der Waals surface area contributed by atoms with Crippen LogP contribution in [-0.4, -0.2) is 23.2 Å². The van der Waals surface area contributed by atoms with Gasteiger partial charge in [-0.25, -0.2) is 0 Å². The third-order valence-corrected chi connectivity index (χ3v) is 6.16. The van der Waals surface area contributed by atoms with Gasteiger partial charge < -0.3 is 14.8 Å². The highest BCUT2D eigenvalue weighted by Gasteiger charge is 2.22. The van der Waals surface area contributed by atoms with Gasteiger partial charge in [0.25, 0.3) is 0 Å². The van der Waals surface area contributed by atoms with Crippen LogP contribution >= 0.6 is 23.4 Å². The summed E-state index contributed by atoms with van der Waals surface area (Å²) in [6, 6.07) is 10.9. The van der Waals surface area contributed by atoms with E-state index in [0.717, 1.165) is 11.1 Å². The van der Waals surface area contributed by atoms with Crippen molar-refractivity contribution in [2.75, 3.05) is 11.9 Å². The molecule has 7 heteroatoms. The molecule has 1 amide bonds. The number of hydrogen-bond donors (Lipinski definition) is 1. The Balaban J connectivity index is 2.34. The van der Waals surface area contributed by atoms with E-state index in [1.165, 1.54) is 0 Å². The van der Waals surface area contributed by atoms with Crippen LogP contribution in [-0.2, 0) is 26.5 Å². The van der Waals surface area contributed by atoms with Crippen LogP contribution in [0.25, 0.3) is 0 Å². The van der Waals surface area contributed by atoms with Gasteiger partial charge in [0.05, 0.1) is 18.1 Å². The van der Waals surface area contributed by atoms with E-state index in [1.54, 1.807) is 36.9 Å². The van der Waals surface area contributed by atoms with Gasteiger partial charge in [0, 0.05) is 27.2 Å². The van der Waals surface area contributed by atoms with Crippen molar-refractivity contribution < 1.29 is 19.1 Å². The highest BCUT2D eigenvalue weighted by atomic mass is 35.5. The van der Waals surface area contributed by atoms with Crippen LogP contribution < -0.4 is 10.1 Å². The fourth-order valence-electron chi connectivity index (χ4n) is 2.72. The summed E-state index contributed by atoms with van der Waals surface area (Å²) in [5.41, 5.74) is 1.91. The van der Waals surface area contributed by atoms with Gasteiger partial charge in [0.2, 0.25) is 5.91 Å². The van der Waals surface area contributed by atoms with Crippen molar-refractivity contribution in [2.24, 2.45) is 5.41 Å². The van der Waals surface area contributed by atoms with Crippen LogP contribution in [0.4, 0.5) is 5.69 Å². The number of ether oxygens (including phenoxy) is 2. The number of hydrogen-bond acceptors (Lipinski definition) is 5. The average molecular weight is 492 g/mol. The topological polar surface area (TPSA) is 64.6 Å². The molecule has 2 rings (SSSR count). The maximum absolute atomic E-state index is 12.5. The van der Waals surface area contributed by atoms with Crippen molar-refractivity contribution in [2.45, 2.75) is 65.4 Å². The molecule has 5 nitrogen and oxygen atoms in total. The van der Waals surface area contributed by atoms with Crippen LogP contribution in [0.5, 0.6) is 11.5 Å². The molecular formula is C26H34ClNO4S. The normalized spacial score (nSPS) is 11.8. The van der Waals surface area contributed by atoms with E-state index in [9.17, 15) is 9.59 Å². The summed E-state index contributed by atoms with van der Waals surface area (Å²) in [5, 5.41) is 3.43. The van der Waals surface area contributed by atoms with Crippen LogP contribution in [0.15, 0.2) is 36.4 Å². The van der Waals surface area contributed by atoms with E-state index in [2.05, 4.69) is 26.1 Å². The summed E-state index contributed by atoms with van der Waals surface area (Å²) >= 11 is 8.17. The minimum atomic E-state index is -0.498. The van der Waals surface area contributed by atoms with Crippen LogP contribution in [0.1, 0.15) is 59.6 Å². The Morgan fingerprint density at radius 1 is 1.00 bits per heavy atom. The Morgan fingerprint density at radius 2 is 1.70 bits per heavy atom. The fourth-order valence-corrected chi connectivity index (χ4v) is 3.69. The quantitative estimate of drug-likeness (QED) is 0.394. The molecule has 0 fully saturated rings. The van der Waals surface area contributed by atoms with E-state index in [0.29, 0.717) is 34.6 Å². The molecule has 0 spiro atoms. The van der Waals surface area contributed by atoms with E-state index < -0.39 is 5.41 Å². The lowest BCUT2D eigenvalue weighted by Crippen LogP contribution is -2.27. The zero-order valence-electron chi connectivity index (χ0n) is 20.5. The van der Waals surface area contributed by atoms with Gasteiger partial charge in [-0.3, -0.25) is 9.59 Å². The zero-order chi connectivity index (χ0) is 24.8. The molecule has 0 aromatic heterocycles. The van der Waals surface area contributed by atoms with E-state index >= 15 is 0 Å². The maximum atomic E-state index is 12.5. The van der Waals surface area contributed by atoms with E-state index in [-0.39, 0.29) is 23.0 Å². The van der Waals surface area contributed by atoms with Crippen molar-refractivity contribution in [1.82, 2.24) is 0 Å². The number of rotatable bonds is 8. The molecule has 0 saturated carbocycles. The van der Waals surface area contributed by atoms with Crippen LogP contribution in [0, 0.1) is 5.41 Å². The van der Waals surface area contributed by atoms with Crippen molar-refractivity contribution in [3.63, 3.8) is 0 Å². The number of benzene rings is 2. The third-order valence-electron chi connectivity index (χ3n) is 4.53. The predicted octanol–water partition coefficient (Wildman–Crippen LogP) is 7.25. The summed E-state index contributed by atoms with van der Waals surface area (Å²) in [5.74, 6) is 1.45. The second kappa shape index (κ2) is 11.3. The number of nitrogens with one attached hydrogen (secondary N) is 1. The molecule has 2 aromatic rings. The number of halogens is 1. The summed E-state index contributed by atoms with van der Waals surface area (Å²) in [6.45, 7) is 14.2. The molecule has 0 aliphatic rings. The standard InChI is InChI=1S/C26H34ClNO4S/c1-8-31-23(29)14-17-9-11-20(27)22(13-17)32-21-12-10-19(28-24(30)25(2,3)4)15-18(21)16-33-26(5,6)7/h9-13,15H,8,14,16H2,1-7H3,(H,28,30). The van der Waals surface area contributed by atoms with Gasteiger partial charge in [0.15, 0.2) is 0 Å². The minimum absolute atomic E-state index is 0.0547. The van der Waals surface area contributed by atoms with E-state index in [1.807, 2.05) is 39.0 Å². The molecule has 0 aliphatic heterocycles. The second-order valence-corrected chi connectivity index (χ2v) is 12.0. The molecule has 0 radical (unpaired) electrons. The van der Waals surface area contributed by atoms with Gasteiger partial charge in [-0.2, -0.15) is 11.8 Å². The Morgan fingerprint density at radius 3 is 2.30 bits per heavy atom. The fraction of sp³-hybridized carbons (Fsp3) is 0.462. The first-order valence-corrected chi connectivity index (χ1v) is 12.3. The largest absolute Gasteiger partial charge is 0.466 e. The molecule has 0 unspecified atom stereocenters. The maximum Gasteiger partial charge on any atom is 0.310 e. The summed E-state index contributed by atoms with van der Waals surface area (Å²) < 4.78 is 11.3. The lowest BCUT2D eigenvalue weighted by molar-refractivity contribution is -0.142. The molecule has 0 atom stereocenters. The Labute approximate surface area is 206 Å². The molecule has 2 aromatic carbocycles. The third kappa shape index (κ3) is 8.94. The molecule has 0 saturated heterocycles. The number of carbonyl (C=O) groups excluding carboxylic acids is 2. The molecule has 1 N–H and O–H groups in total.